The summed E-state index contributed by atoms with van der Waals surface area (Å²) in [5, 5.41) is 0. The van der Waals surface area contributed by atoms with Crippen molar-refractivity contribution in [2.24, 2.45) is 0 Å². The first-order valence-electron chi connectivity index (χ1n) is 7.20. The fourth-order valence-electron chi connectivity index (χ4n) is 2.44. The summed E-state index contributed by atoms with van der Waals surface area (Å²) in [4.78, 5) is 0. The molecule has 2 aromatic carbocycles. The Morgan fingerprint density at radius 1 is 0.950 bits per heavy atom. The molecule has 0 aromatic heterocycles. The molecule has 0 N–H and O–H groups in total. The fraction of sp³-hybridized carbons (Fsp3) is 0.263. The van der Waals surface area contributed by atoms with Gasteiger partial charge in [-0.1, -0.05) is 61.6 Å². The Labute approximate surface area is 120 Å². The molecule has 1 saturated heterocycles. The van der Waals surface area contributed by atoms with E-state index in [9.17, 15) is 0 Å². The van der Waals surface area contributed by atoms with Crippen molar-refractivity contribution in [3.8, 4) is 11.8 Å². The van der Waals surface area contributed by atoms with Gasteiger partial charge in [-0.2, -0.15) is 0 Å². The minimum absolute atomic E-state index is 0.247. The molecule has 3 rings (SSSR count). The van der Waals surface area contributed by atoms with Crippen LogP contribution in [-0.2, 0) is 4.74 Å². The molecule has 1 aliphatic rings. The van der Waals surface area contributed by atoms with Crippen LogP contribution >= 0.6 is 0 Å². The predicted molar refractivity (Wildman–Crippen MR) is 81.4 cm³/mol. The first-order valence-corrected chi connectivity index (χ1v) is 7.20. The van der Waals surface area contributed by atoms with Gasteiger partial charge in [0.05, 0.1) is 6.10 Å². The van der Waals surface area contributed by atoms with Crippen molar-refractivity contribution in [1.82, 2.24) is 0 Å². The van der Waals surface area contributed by atoms with Crippen LogP contribution in [-0.4, -0.2) is 6.10 Å². The lowest BCUT2D eigenvalue weighted by atomic mass is 10.0. The number of hydrogen-bond acceptors (Lipinski definition) is 1. The van der Waals surface area contributed by atoms with Crippen molar-refractivity contribution < 1.29 is 4.74 Å². The molecule has 0 saturated carbocycles. The number of ether oxygens (including phenoxy) is 1. The van der Waals surface area contributed by atoms with Crippen LogP contribution in [0.2, 0.25) is 0 Å². The highest BCUT2D eigenvalue weighted by Crippen LogP contribution is 2.42. The lowest BCUT2D eigenvalue weighted by Crippen LogP contribution is -1.92. The summed E-state index contributed by atoms with van der Waals surface area (Å²) in [6.07, 6.45) is 2.93. The van der Waals surface area contributed by atoms with Gasteiger partial charge in [0, 0.05) is 11.1 Å². The molecule has 2 unspecified atom stereocenters. The molecule has 0 aliphatic carbocycles. The Morgan fingerprint density at radius 2 is 1.70 bits per heavy atom. The van der Waals surface area contributed by atoms with Gasteiger partial charge in [0.1, 0.15) is 6.10 Å². The molecule has 0 bridgehead atoms. The third-order valence-corrected chi connectivity index (χ3v) is 3.54. The smallest absolute Gasteiger partial charge is 0.110 e. The topological polar surface area (TPSA) is 12.5 Å². The van der Waals surface area contributed by atoms with Gasteiger partial charge in [0.2, 0.25) is 0 Å². The van der Waals surface area contributed by atoms with E-state index in [1.165, 1.54) is 12.0 Å². The van der Waals surface area contributed by atoms with Gasteiger partial charge >= 0.3 is 0 Å². The number of rotatable bonds is 3. The maximum atomic E-state index is 5.77. The predicted octanol–water partition coefficient (Wildman–Crippen LogP) is 4.33. The number of benzene rings is 2. The van der Waals surface area contributed by atoms with E-state index in [1.54, 1.807) is 0 Å². The molecular weight excluding hydrogens is 244 g/mol. The number of hydrogen-bond donors (Lipinski definition) is 0. The van der Waals surface area contributed by atoms with Crippen molar-refractivity contribution in [1.29, 1.82) is 0 Å². The van der Waals surface area contributed by atoms with Crippen molar-refractivity contribution in [2.45, 2.75) is 32.0 Å². The van der Waals surface area contributed by atoms with E-state index in [0.29, 0.717) is 6.10 Å². The van der Waals surface area contributed by atoms with Crippen LogP contribution in [0.4, 0.5) is 0 Å². The molecule has 0 radical (unpaired) electrons. The van der Waals surface area contributed by atoms with Crippen LogP contribution in [0, 0.1) is 11.8 Å². The van der Waals surface area contributed by atoms with E-state index < -0.39 is 0 Å². The standard InChI is InChI=1S/C19H18O/c1-2-8-18-19(20-18)17-12-7-6-11-16(17)14-13-15-9-4-3-5-10-15/h3-7,9-12,18-19H,2,8H2,1H3. The summed E-state index contributed by atoms with van der Waals surface area (Å²) in [5.41, 5.74) is 3.36. The van der Waals surface area contributed by atoms with Crippen LogP contribution in [0.1, 0.15) is 42.6 Å². The second-order valence-corrected chi connectivity index (χ2v) is 5.09. The third kappa shape index (κ3) is 2.92. The maximum Gasteiger partial charge on any atom is 0.110 e. The summed E-state index contributed by atoms with van der Waals surface area (Å²) in [6, 6.07) is 18.4. The average Bonchev–Trinajstić information content (AvgIpc) is 3.26. The highest BCUT2D eigenvalue weighted by Gasteiger charge is 2.40. The zero-order valence-corrected chi connectivity index (χ0v) is 11.7. The Balaban J connectivity index is 1.83. The van der Waals surface area contributed by atoms with Gasteiger partial charge in [0.15, 0.2) is 0 Å². The average molecular weight is 262 g/mol. The van der Waals surface area contributed by atoms with Gasteiger partial charge in [-0.25, -0.2) is 0 Å². The van der Waals surface area contributed by atoms with Crippen LogP contribution in [0.15, 0.2) is 54.6 Å². The van der Waals surface area contributed by atoms with Gasteiger partial charge in [-0.05, 0) is 30.2 Å². The van der Waals surface area contributed by atoms with Crippen molar-refractivity contribution in [3.63, 3.8) is 0 Å². The summed E-state index contributed by atoms with van der Waals surface area (Å²) in [5.74, 6) is 6.51. The minimum Gasteiger partial charge on any atom is -0.364 e. The highest BCUT2D eigenvalue weighted by molar-refractivity contribution is 5.48. The van der Waals surface area contributed by atoms with Crippen LogP contribution in [0.5, 0.6) is 0 Å². The van der Waals surface area contributed by atoms with Gasteiger partial charge in [-0.15, -0.1) is 0 Å². The zero-order chi connectivity index (χ0) is 13.8. The molecule has 20 heavy (non-hydrogen) atoms. The third-order valence-electron chi connectivity index (χ3n) is 3.54. The molecule has 1 heterocycles. The van der Waals surface area contributed by atoms with E-state index >= 15 is 0 Å². The lowest BCUT2D eigenvalue weighted by Gasteiger charge is -2.00. The molecule has 1 nitrogen and oxygen atoms in total. The van der Waals surface area contributed by atoms with Crippen LogP contribution < -0.4 is 0 Å². The van der Waals surface area contributed by atoms with Gasteiger partial charge in [0.25, 0.3) is 0 Å². The molecule has 2 atom stereocenters. The number of epoxide rings is 1. The van der Waals surface area contributed by atoms with E-state index in [2.05, 4.69) is 37.0 Å². The van der Waals surface area contributed by atoms with E-state index in [1.807, 2.05) is 36.4 Å². The van der Waals surface area contributed by atoms with E-state index in [0.717, 1.165) is 17.5 Å². The molecule has 100 valence electrons. The molecule has 1 aliphatic heterocycles. The van der Waals surface area contributed by atoms with Crippen molar-refractivity contribution in [2.75, 3.05) is 0 Å². The lowest BCUT2D eigenvalue weighted by molar-refractivity contribution is 0.364. The van der Waals surface area contributed by atoms with Crippen molar-refractivity contribution in [3.05, 3.63) is 71.3 Å². The summed E-state index contributed by atoms with van der Waals surface area (Å²) >= 11 is 0. The SMILES string of the molecule is CCCC1OC1c1ccccc1C#Cc1ccccc1. The molecule has 2 aromatic rings. The summed E-state index contributed by atoms with van der Waals surface area (Å²) in [7, 11) is 0. The van der Waals surface area contributed by atoms with Crippen molar-refractivity contribution >= 4 is 0 Å². The minimum atomic E-state index is 0.247. The van der Waals surface area contributed by atoms with E-state index in [-0.39, 0.29) is 6.10 Å². The molecular formula is C19H18O. The Bertz CT molecular complexity index is 634. The largest absolute Gasteiger partial charge is 0.364 e. The Hall–Kier alpha value is -2.04. The normalized spacial score (nSPS) is 20.1. The van der Waals surface area contributed by atoms with E-state index in [4.69, 9.17) is 4.74 Å². The fourth-order valence-corrected chi connectivity index (χ4v) is 2.44. The second-order valence-electron chi connectivity index (χ2n) is 5.09. The van der Waals surface area contributed by atoms with Gasteiger partial charge in [-0.3, -0.25) is 0 Å². The second kappa shape index (κ2) is 5.94. The zero-order valence-electron chi connectivity index (χ0n) is 11.7. The first-order chi connectivity index (χ1) is 9.88. The summed E-state index contributed by atoms with van der Waals surface area (Å²) < 4.78 is 5.77. The first kappa shape index (κ1) is 13.0. The van der Waals surface area contributed by atoms with Crippen LogP contribution in [0.25, 0.3) is 0 Å². The Kier molecular flexibility index (Phi) is 3.85. The molecule has 1 heteroatoms. The molecule has 0 spiro atoms. The summed E-state index contributed by atoms with van der Waals surface area (Å²) in [6.45, 7) is 2.19. The molecule has 0 amide bonds. The maximum absolute atomic E-state index is 5.77. The van der Waals surface area contributed by atoms with Crippen LogP contribution in [0.3, 0.4) is 0 Å². The molecule has 1 fully saturated rings. The monoisotopic (exact) mass is 262 g/mol. The van der Waals surface area contributed by atoms with Gasteiger partial charge < -0.3 is 4.74 Å². The highest BCUT2D eigenvalue weighted by atomic mass is 16.6. The quantitative estimate of drug-likeness (QED) is 0.592. The Morgan fingerprint density at radius 3 is 2.50 bits per heavy atom.